The van der Waals surface area contributed by atoms with Gasteiger partial charge < -0.3 is 20.4 Å². The Morgan fingerprint density at radius 3 is 2.58 bits per heavy atom. The molecule has 1 aliphatic heterocycles. The van der Waals surface area contributed by atoms with Gasteiger partial charge in [-0.2, -0.15) is 0 Å². The summed E-state index contributed by atoms with van der Waals surface area (Å²) in [5, 5.41) is 5.15. The highest BCUT2D eigenvalue weighted by molar-refractivity contribution is 6.39. The Labute approximate surface area is 142 Å². The number of anilines is 2. The van der Waals surface area contributed by atoms with Crippen molar-refractivity contribution in [1.29, 1.82) is 0 Å². The van der Waals surface area contributed by atoms with E-state index in [0.717, 1.165) is 24.2 Å². The third-order valence-corrected chi connectivity index (χ3v) is 3.87. The molecule has 130 valence electrons. The number of nitrogens with zero attached hydrogens (tertiary/aromatic N) is 2. The molecule has 1 aliphatic rings. The smallest absolute Gasteiger partial charge is 0.313 e. The molecule has 1 saturated heterocycles. The molecule has 0 aliphatic carbocycles. The fourth-order valence-corrected chi connectivity index (χ4v) is 2.60. The number of carbonyl (C=O) groups excluding carboxylic acids is 3. The van der Waals surface area contributed by atoms with Crippen LogP contribution < -0.4 is 15.5 Å². The standard InChI is InChI=1S/C17H24N4O3/c1-12-11-13(6-7-14(12)21-9-4-5-15(21)22)19-17(24)16(23)18-8-10-20(2)3/h6-7,11H,4-5,8-10H2,1-3H3,(H,18,23)(H,19,24). The molecule has 2 rings (SSSR count). The molecule has 1 fully saturated rings. The van der Waals surface area contributed by atoms with Gasteiger partial charge in [-0.1, -0.05) is 0 Å². The minimum atomic E-state index is -0.696. The van der Waals surface area contributed by atoms with Crippen LogP contribution >= 0.6 is 0 Å². The van der Waals surface area contributed by atoms with E-state index in [1.165, 1.54) is 0 Å². The molecule has 7 heteroatoms. The summed E-state index contributed by atoms with van der Waals surface area (Å²) in [6.45, 7) is 3.68. The van der Waals surface area contributed by atoms with Crippen LogP contribution in [0.4, 0.5) is 11.4 Å². The highest BCUT2D eigenvalue weighted by atomic mass is 16.2. The van der Waals surface area contributed by atoms with E-state index < -0.39 is 11.8 Å². The second-order valence-corrected chi connectivity index (χ2v) is 6.16. The van der Waals surface area contributed by atoms with Gasteiger partial charge in [-0.3, -0.25) is 14.4 Å². The van der Waals surface area contributed by atoms with Crippen molar-refractivity contribution in [1.82, 2.24) is 10.2 Å². The SMILES string of the molecule is Cc1cc(NC(=O)C(=O)NCCN(C)C)ccc1N1CCCC1=O. The lowest BCUT2D eigenvalue weighted by Crippen LogP contribution is -2.38. The summed E-state index contributed by atoms with van der Waals surface area (Å²) in [6, 6.07) is 5.28. The summed E-state index contributed by atoms with van der Waals surface area (Å²) in [5.41, 5.74) is 2.28. The monoisotopic (exact) mass is 332 g/mol. The molecule has 7 nitrogen and oxygen atoms in total. The lowest BCUT2D eigenvalue weighted by molar-refractivity contribution is -0.136. The van der Waals surface area contributed by atoms with E-state index in [2.05, 4.69) is 10.6 Å². The molecule has 0 bridgehead atoms. The van der Waals surface area contributed by atoms with Crippen LogP contribution in [0.15, 0.2) is 18.2 Å². The van der Waals surface area contributed by atoms with E-state index in [1.807, 2.05) is 25.9 Å². The third kappa shape index (κ3) is 4.55. The van der Waals surface area contributed by atoms with Crippen molar-refractivity contribution in [3.8, 4) is 0 Å². The van der Waals surface area contributed by atoms with E-state index in [1.54, 1.807) is 23.1 Å². The summed E-state index contributed by atoms with van der Waals surface area (Å²) < 4.78 is 0. The highest BCUT2D eigenvalue weighted by Gasteiger charge is 2.23. The maximum absolute atomic E-state index is 11.9. The number of likely N-dealkylation sites (N-methyl/N-ethyl adjacent to an activating group) is 1. The zero-order valence-corrected chi connectivity index (χ0v) is 14.4. The second kappa shape index (κ2) is 7.92. The maximum atomic E-state index is 11.9. The number of benzene rings is 1. The Kier molecular flexibility index (Phi) is 5.92. The van der Waals surface area contributed by atoms with Gasteiger partial charge in [-0.15, -0.1) is 0 Å². The summed E-state index contributed by atoms with van der Waals surface area (Å²) >= 11 is 0. The minimum absolute atomic E-state index is 0.121. The molecule has 1 aromatic rings. The molecular formula is C17H24N4O3. The van der Waals surface area contributed by atoms with Crippen LogP contribution in [0.3, 0.4) is 0 Å². The molecule has 0 atom stereocenters. The van der Waals surface area contributed by atoms with Crippen LogP contribution in [0.25, 0.3) is 0 Å². The Hall–Kier alpha value is -2.41. The van der Waals surface area contributed by atoms with Crippen LogP contribution in [0, 0.1) is 6.92 Å². The van der Waals surface area contributed by atoms with E-state index in [9.17, 15) is 14.4 Å². The van der Waals surface area contributed by atoms with E-state index in [0.29, 0.717) is 25.2 Å². The normalized spacial score (nSPS) is 14.2. The van der Waals surface area contributed by atoms with E-state index >= 15 is 0 Å². The number of hydrogen-bond donors (Lipinski definition) is 2. The Bertz CT molecular complexity index is 643. The lowest BCUT2D eigenvalue weighted by Gasteiger charge is -2.19. The zero-order chi connectivity index (χ0) is 17.7. The molecule has 3 amide bonds. The zero-order valence-electron chi connectivity index (χ0n) is 14.4. The number of hydrogen-bond acceptors (Lipinski definition) is 4. The van der Waals surface area contributed by atoms with Gasteiger partial charge in [-0.25, -0.2) is 0 Å². The predicted molar refractivity (Wildman–Crippen MR) is 93.0 cm³/mol. The molecule has 2 N–H and O–H groups in total. The van der Waals surface area contributed by atoms with Gasteiger partial charge in [0.25, 0.3) is 0 Å². The predicted octanol–water partition coefficient (Wildman–Crippen LogP) is 0.738. The largest absolute Gasteiger partial charge is 0.347 e. The van der Waals surface area contributed by atoms with Gasteiger partial charge in [0, 0.05) is 37.4 Å². The number of nitrogens with one attached hydrogen (secondary N) is 2. The van der Waals surface area contributed by atoms with Crippen LogP contribution in [0.1, 0.15) is 18.4 Å². The van der Waals surface area contributed by atoms with E-state index in [-0.39, 0.29) is 5.91 Å². The van der Waals surface area contributed by atoms with Gasteiger partial charge in [0.2, 0.25) is 5.91 Å². The molecule has 0 unspecified atom stereocenters. The first-order chi connectivity index (χ1) is 11.4. The van der Waals surface area contributed by atoms with Crippen LogP contribution in [0.2, 0.25) is 0 Å². The van der Waals surface area contributed by atoms with Gasteiger partial charge >= 0.3 is 11.8 Å². The van der Waals surface area contributed by atoms with Crippen molar-refractivity contribution >= 4 is 29.1 Å². The number of rotatable bonds is 5. The second-order valence-electron chi connectivity index (χ2n) is 6.16. The fraction of sp³-hybridized carbons (Fsp3) is 0.471. The summed E-state index contributed by atoms with van der Waals surface area (Å²) in [6.07, 6.45) is 1.44. The molecule has 24 heavy (non-hydrogen) atoms. The number of aryl methyl sites for hydroxylation is 1. The first kappa shape index (κ1) is 17.9. The molecule has 0 saturated carbocycles. The summed E-state index contributed by atoms with van der Waals surface area (Å²) in [4.78, 5) is 39.1. The topological polar surface area (TPSA) is 81.8 Å². The summed E-state index contributed by atoms with van der Waals surface area (Å²) in [7, 11) is 3.78. The number of amides is 3. The van der Waals surface area contributed by atoms with Crippen molar-refractivity contribution in [2.24, 2.45) is 0 Å². The van der Waals surface area contributed by atoms with Gasteiger partial charge in [0.15, 0.2) is 0 Å². The Balaban J connectivity index is 1.95. The highest BCUT2D eigenvalue weighted by Crippen LogP contribution is 2.27. The number of carbonyl (C=O) groups is 3. The quantitative estimate of drug-likeness (QED) is 0.779. The van der Waals surface area contributed by atoms with Crippen LogP contribution in [0.5, 0.6) is 0 Å². The van der Waals surface area contributed by atoms with Crippen LogP contribution in [-0.4, -0.2) is 56.4 Å². The average molecular weight is 332 g/mol. The molecule has 0 aromatic heterocycles. The fourth-order valence-electron chi connectivity index (χ4n) is 2.60. The Morgan fingerprint density at radius 2 is 2.00 bits per heavy atom. The molecule has 1 aromatic carbocycles. The van der Waals surface area contributed by atoms with Gasteiger partial charge in [0.05, 0.1) is 0 Å². The third-order valence-electron chi connectivity index (χ3n) is 3.87. The van der Waals surface area contributed by atoms with Crippen molar-refractivity contribution in [2.75, 3.05) is 43.9 Å². The van der Waals surface area contributed by atoms with E-state index in [4.69, 9.17) is 0 Å². The molecule has 1 heterocycles. The van der Waals surface area contributed by atoms with Crippen molar-refractivity contribution in [3.05, 3.63) is 23.8 Å². The van der Waals surface area contributed by atoms with Gasteiger partial charge in [0.1, 0.15) is 0 Å². The molecule has 0 radical (unpaired) electrons. The molecular weight excluding hydrogens is 308 g/mol. The van der Waals surface area contributed by atoms with Crippen molar-refractivity contribution in [3.63, 3.8) is 0 Å². The first-order valence-corrected chi connectivity index (χ1v) is 8.03. The van der Waals surface area contributed by atoms with Gasteiger partial charge in [-0.05, 0) is 51.2 Å². The summed E-state index contributed by atoms with van der Waals surface area (Å²) in [5.74, 6) is -1.23. The first-order valence-electron chi connectivity index (χ1n) is 8.03. The maximum Gasteiger partial charge on any atom is 0.313 e. The molecule has 0 spiro atoms. The van der Waals surface area contributed by atoms with Crippen molar-refractivity contribution in [2.45, 2.75) is 19.8 Å². The minimum Gasteiger partial charge on any atom is -0.347 e. The van der Waals surface area contributed by atoms with Crippen LogP contribution in [-0.2, 0) is 14.4 Å². The average Bonchev–Trinajstić information content (AvgIpc) is 2.93. The lowest BCUT2D eigenvalue weighted by atomic mass is 10.1. The van der Waals surface area contributed by atoms with Crippen molar-refractivity contribution < 1.29 is 14.4 Å². The Morgan fingerprint density at radius 1 is 1.25 bits per heavy atom.